The lowest BCUT2D eigenvalue weighted by Crippen LogP contribution is -2.42. The quantitative estimate of drug-likeness (QED) is 0.800. The van der Waals surface area contributed by atoms with E-state index >= 15 is 0 Å². The summed E-state index contributed by atoms with van der Waals surface area (Å²) in [5.41, 5.74) is 0. The largest absolute Gasteiger partial charge is 0.376 e. The number of amides is 1. The van der Waals surface area contributed by atoms with Crippen LogP contribution in [0.15, 0.2) is 0 Å². The van der Waals surface area contributed by atoms with Crippen molar-refractivity contribution >= 4 is 30.1 Å². The van der Waals surface area contributed by atoms with Crippen LogP contribution in [0.3, 0.4) is 0 Å². The third kappa shape index (κ3) is 5.46. The van der Waals surface area contributed by atoms with Gasteiger partial charge in [0, 0.05) is 43.7 Å². The molecular formula is C11H21ClN2O2S. The van der Waals surface area contributed by atoms with Gasteiger partial charge in [0.05, 0.1) is 6.10 Å². The van der Waals surface area contributed by atoms with Crippen LogP contribution in [0.25, 0.3) is 0 Å². The van der Waals surface area contributed by atoms with Crippen LogP contribution >= 0.6 is 24.2 Å². The summed E-state index contributed by atoms with van der Waals surface area (Å²) in [5.74, 6) is 2.36. The highest BCUT2D eigenvalue weighted by Gasteiger charge is 2.19. The van der Waals surface area contributed by atoms with Gasteiger partial charge in [0.2, 0.25) is 5.91 Å². The van der Waals surface area contributed by atoms with Gasteiger partial charge < -0.3 is 15.4 Å². The Morgan fingerprint density at radius 1 is 1.53 bits per heavy atom. The Kier molecular flexibility index (Phi) is 7.27. The lowest BCUT2D eigenvalue weighted by molar-refractivity contribution is -0.122. The van der Waals surface area contributed by atoms with Crippen LogP contribution in [0.2, 0.25) is 0 Å². The van der Waals surface area contributed by atoms with Gasteiger partial charge in [0.1, 0.15) is 0 Å². The highest BCUT2D eigenvalue weighted by Crippen LogP contribution is 2.12. The molecule has 2 heterocycles. The fraction of sp³-hybridized carbons (Fsp3) is 0.909. The van der Waals surface area contributed by atoms with E-state index in [1.54, 1.807) is 0 Å². The zero-order valence-electron chi connectivity index (χ0n) is 9.94. The first kappa shape index (κ1) is 15.1. The second kappa shape index (κ2) is 8.19. The zero-order valence-corrected chi connectivity index (χ0v) is 11.6. The number of thioether (sulfide) groups is 1. The summed E-state index contributed by atoms with van der Waals surface area (Å²) in [6.45, 7) is 2.55. The van der Waals surface area contributed by atoms with Crippen LogP contribution in [0.1, 0.15) is 19.3 Å². The summed E-state index contributed by atoms with van der Waals surface area (Å²) in [7, 11) is 0. The number of carbonyl (C=O) groups is 1. The third-order valence-electron chi connectivity index (χ3n) is 2.98. The van der Waals surface area contributed by atoms with Crippen molar-refractivity contribution in [3.63, 3.8) is 0 Å². The highest BCUT2D eigenvalue weighted by atomic mass is 35.5. The van der Waals surface area contributed by atoms with E-state index in [9.17, 15) is 4.79 Å². The number of ether oxygens (including phenoxy) is 1. The molecule has 100 valence electrons. The van der Waals surface area contributed by atoms with Crippen molar-refractivity contribution in [1.29, 1.82) is 0 Å². The van der Waals surface area contributed by atoms with Gasteiger partial charge in [0.25, 0.3) is 0 Å². The molecule has 6 heteroatoms. The molecule has 0 aromatic heterocycles. The molecule has 1 amide bonds. The second-order valence-electron chi connectivity index (χ2n) is 4.37. The molecule has 0 aromatic carbocycles. The van der Waals surface area contributed by atoms with Crippen LogP contribution in [-0.2, 0) is 9.53 Å². The Bertz CT molecular complexity index is 232. The molecule has 2 N–H and O–H groups in total. The molecule has 2 rings (SSSR count). The van der Waals surface area contributed by atoms with Gasteiger partial charge in [-0.05, 0) is 12.8 Å². The van der Waals surface area contributed by atoms with E-state index in [1.165, 1.54) is 0 Å². The molecule has 0 spiro atoms. The molecule has 17 heavy (non-hydrogen) atoms. The molecule has 2 aliphatic heterocycles. The molecule has 2 fully saturated rings. The Hall–Kier alpha value is 0.0300. The van der Waals surface area contributed by atoms with E-state index in [0.717, 1.165) is 37.5 Å². The zero-order chi connectivity index (χ0) is 11.2. The fourth-order valence-corrected chi connectivity index (χ4v) is 3.03. The Morgan fingerprint density at radius 3 is 3.06 bits per heavy atom. The van der Waals surface area contributed by atoms with Gasteiger partial charge in [-0.3, -0.25) is 4.79 Å². The number of nitrogens with one attached hydrogen (secondary N) is 2. The van der Waals surface area contributed by atoms with Gasteiger partial charge in [-0.15, -0.1) is 12.4 Å². The smallest absolute Gasteiger partial charge is 0.221 e. The van der Waals surface area contributed by atoms with Gasteiger partial charge >= 0.3 is 0 Å². The van der Waals surface area contributed by atoms with Crippen molar-refractivity contribution in [3.05, 3.63) is 0 Å². The average molecular weight is 281 g/mol. The van der Waals surface area contributed by atoms with E-state index in [0.29, 0.717) is 19.0 Å². The molecule has 2 atom stereocenters. The standard InChI is InChI=1S/C11H20N2O2S.ClH/c14-11(6-9-8-16-5-3-12-9)13-7-10-2-1-4-15-10;/h9-10,12H,1-8H2,(H,13,14);1H. The topological polar surface area (TPSA) is 50.4 Å². The Labute approximate surface area is 113 Å². The van der Waals surface area contributed by atoms with Crippen molar-refractivity contribution in [2.24, 2.45) is 0 Å². The summed E-state index contributed by atoms with van der Waals surface area (Å²) < 4.78 is 5.46. The van der Waals surface area contributed by atoms with Crippen molar-refractivity contribution < 1.29 is 9.53 Å². The summed E-state index contributed by atoms with van der Waals surface area (Å²) in [6.07, 6.45) is 3.05. The van der Waals surface area contributed by atoms with Crippen molar-refractivity contribution in [2.45, 2.75) is 31.4 Å². The summed E-state index contributed by atoms with van der Waals surface area (Å²) in [6, 6.07) is 0.350. The first-order valence-corrected chi connectivity index (χ1v) is 7.19. The number of hydrogen-bond acceptors (Lipinski definition) is 4. The van der Waals surface area contributed by atoms with Crippen LogP contribution in [0, 0.1) is 0 Å². The van der Waals surface area contributed by atoms with Crippen LogP contribution in [0.5, 0.6) is 0 Å². The molecule has 0 saturated carbocycles. The number of rotatable bonds is 4. The van der Waals surface area contributed by atoms with E-state index in [1.807, 2.05) is 11.8 Å². The predicted molar refractivity (Wildman–Crippen MR) is 73.0 cm³/mol. The van der Waals surface area contributed by atoms with Gasteiger partial charge in [-0.25, -0.2) is 0 Å². The summed E-state index contributed by atoms with van der Waals surface area (Å²) in [4.78, 5) is 11.7. The maximum Gasteiger partial charge on any atom is 0.221 e. The third-order valence-corrected chi connectivity index (χ3v) is 4.11. The molecule has 4 nitrogen and oxygen atoms in total. The van der Waals surface area contributed by atoms with Gasteiger partial charge in [-0.2, -0.15) is 11.8 Å². The molecule has 0 aromatic rings. The van der Waals surface area contributed by atoms with Gasteiger partial charge in [-0.1, -0.05) is 0 Å². The molecule has 0 radical (unpaired) electrons. The first-order valence-electron chi connectivity index (χ1n) is 6.04. The summed E-state index contributed by atoms with van der Waals surface area (Å²) >= 11 is 1.92. The fourth-order valence-electron chi connectivity index (χ4n) is 2.08. The monoisotopic (exact) mass is 280 g/mol. The van der Waals surface area contributed by atoms with E-state index < -0.39 is 0 Å². The Balaban J connectivity index is 0.00000144. The maximum atomic E-state index is 11.7. The molecule has 2 saturated heterocycles. The molecule has 2 unspecified atom stereocenters. The minimum Gasteiger partial charge on any atom is -0.376 e. The lowest BCUT2D eigenvalue weighted by atomic mass is 10.2. The Morgan fingerprint density at radius 2 is 2.41 bits per heavy atom. The molecule has 0 bridgehead atoms. The minimum absolute atomic E-state index is 0. The molecular weight excluding hydrogens is 260 g/mol. The highest BCUT2D eigenvalue weighted by molar-refractivity contribution is 7.99. The SMILES string of the molecule is Cl.O=C(CC1CSCCN1)NCC1CCCO1. The number of hydrogen-bond donors (Lipinski definition) is 2. The van der Waals surface area contributed by atoms with Crippen molar-refractivity contribution in [1.82, 2.24) is 10.6 Å². The van der Waals surface area contributed by atoms with Crippen molar-refractivity contribution in [3.8, 4) is 0 Å². The summed E-state index contributed by atoms with van der Waals surface area (Å²) in [5, 5.41) is 6.32. The molecule has 0 aliphatic carbocycles. The van der Waals surface area contributed by atoms with E-state index in [4.69, 9.17) is 4.74 Å². The van der Waals surface area contributed by atoms with Gasteiger partial charge in [0.15, 0.2) is 0 Å². The van der Waals surface area contributed by atoms with Crippen LogP contribution in [0.4, 0.5) is 0 Å². The predicted octanol–water partition coefficient (Wildman–Crippen LogP) is 0.798. The minimum atomic E-state index is 0. The first-order chi connectivity index (χ1) is 7.84. The van der Waals surface area contributed by atoms with Crippen LogP contribution in [-0.4, -0.2) is 49.3 Å². The molecule has 2 aliphatic rings. The van der Waals surface area contributed by atoms with Crippen LogP contribution < -0.4 is 10.6 Å². The number of carbonyl (C=O) groups excluding carboxylic acids is 1. The maximum absolute atomic E-state index is 11.7. The normalized spacial score (nSPS) is 28.5. The van der Waals surface area contributed by atoms with E-state index in [2.05, 4.69) is 10.6 Å². The van der Waals surface area contributed by atoms with Crippen molar-refractivity contribution in [2.75, 3.05) is 31.2 Å². The second-order valence-corrected chi connectivity index (χ2v) is 5.52. The lowest BCUT2D eigenvalue weighted by Gasteiger charge is -2.22. The van der Waals surface area contributed by atoms with E-state index in [-0.39, 0.29) is 24.4 Å². The average Bonchev–Trinajstić information content (AvgIpc) is 2.81. The number of halogens is 1.